The van der Waals surface area contributed by atoms with Gasteiger partial charge in [0.05, 0.1) is 23.1 Å². The van der Waals surface area contributed by atoms with Crippen molar-refractivity contribution < 1.29 is 9.32 Å². The van der Waals surface area contributed by atoms with Crippen molar-refractivity contribution in [2.45, 2.75) is 32.7 Å². The van der Waals surface area contributed by atoms with Crippen molar-refractivity contribution in [3.05, 3.63) is 58.0 Å². The Hall–Kier alpha value is -3.00. The van der Waals surface area contributed by atoms with Crippen molar-refractivity contribution in [3.63, 3.8) is 0 Å². The van der Waals surface area contributed by atoms with Crippen molar-refractivity contribution in [1.82, 2.24) is 24.9 Å². The molecule has 1 fully saturated rings. The van der Waals surface area contributed by atoms with Crippen LogP contribution in [0.3, 0.4) is 0 Å². The topological polar surface area (TPSA) is 95.3 Å². The van der Waals surface area contributed by atoms with Gasteiger partial charge in [0.25, 0.3) is 5.56 Å². The molecule has 0 unspecified atom stereocenters. The van der Waals surface area contributed by atoms with Gasteiger partial charge in [-0.2, -0.15) is 0 Å². The molecule has 1 N–H and O–H groups in total. The largest absolute Gasteiger partial charge is 0.360 e. The van der Waals surface area contributed by atoms with Crippen LogP contribution in [0.25, 0.3) is 10.9 Å². The number of aryl methyl sites for hydroxylation is 2. The molecule has 152 valence electrons. The van der Waals surface area contributed by atoms with Gasteiger partial charge >= 0.3 is 0 Å². The van der Waals surface area contributed by atoms with E-state index in [1.807, 2.05) is 36.1 Å². The number of aromatic amines is 1. The van der Waals surface area contributed by atoms with E-state index < -0.39 is 0 Å². The summed E-state index contributed by atoms with van der Waals surface area (Å²) in [4.78, 5) is 36.1. The molecule has 1 aliphatic heterocycles. The molecule has 8 nitrogen and oxygen atoms in total. The molecule has 0 aliphatic carbocycles. The number of carbonyl (C=O) groups excluding carboxylic acids is 1. The summed E-state index contributed by atoms with van der Waals surface area (Å²) in [6, 6.07) is 9.23. The Kier molecular flexibility index (Phi) is 5.71. The highest BCUT2D eigenvalue weighted by Crippen LogP contribution is 2.12. The Morgan fingerprint density at radius 2 is 2.00 bits per heavy atom. The van der Waals surface area contributed by atoms with Gasteiger partial charge < -0.3 is 14.4 Å². The predicted octanol–water partition coefficient (Wildman–Crippen LogP) is 1.89. The summed E-state index contributed by atoms with van der Waals surface area (Å²) in [6.07, 6.45) is 1.70. The zero-order valence-electron chi connectivity index (χ0n) is 16.6. The van der Waals surface area contributed by atoms with Crippen LogP contribution in [0.5, 0.6) is 0 Å². The average molecular weight is 395 g/mol. The van der Waals surface area contributed by atoms with Gasteiger partial charge in [0.2, 0.25) is 5.91 Å². The SMILES string of the molecule is Cc1cc(CN2CCN(C(=O)CCCc3nc4ccccc4c(=O)[nH]3)CC2)on1. The smallest absolute Gasteiger partial charge is 0.258 e. The normalized spacial score (nSPS) is 15.1. The van der Waals surface area contributed by atoms with Gasteiger partial charge in [0.1, 0.15) is 5.82 Å². The predicted molar refractivity (Wildman–Crippen MR) is 108 cm³/mol. The van der Waals surface area contributed by atoms with Crippen LogP contribution in [0.15, 0.2) is 39.6 Å². The molecule has 0 atom stereocenters. The second kappa shape index (κ2) is 8.57. The van der Waals surface area contributed by atoms with E-state index in [-0.39, 0.29) is 11.5 Å². The standard InChI is InChI=1S/C21H25N5O3/c1-15-13-16(29-24-15)14-25-9-11-26(12-10-25)20(27)8-4-7-19-22-18-6-3-2-5-17(18)21(28)23-19/h2-3,5-6,13H,4,7-12,14H2,1H3,(H,22,23,28). The zero-order valence-corrected chi connectivity index (χ0v) is 16.6. The van der Waals surface area contributed by atoms with Crippen LogP contribution < -0.4 is 5.56 Å². The van der Waals surface area contributed by atoms with Crippen molar-refractivity contribution in [3.8, 4) is 0 Å². The quantitative estimate of drug-likeness (QED) is 0.685. The first-order valence-electron chi connectivity index (χ1n) is 9.99. The Morgan fingerprint density at radius 1 is 1.21 bits per heavy atom. The fourth-order valence-corrected chi connectivity index (χ4v) is 3.69. The molecule has 0 bridgehead atoms. The molecule has 0 saturated carbocycles. The summed E-state index contributed by atoms with van der Waals surface area (Å²) in [7, 11) is 0. The summed E-state index contributed by atoms with van der Waals surface area (Å²) in [6.45, 7) is 5.72. The minimum atomic E-state index is -0.130. The number of nitrogens with one attached hydrogen (secondary N) is 1. The van der Waals surface area contributed by atoms with E-state index >= 15 is 0 Å². The average Bonchev–Trinajstić information content (AvgIpc) is 3.13. The van der Waals surface area contributed by atoms with E-state index in [9.17, 15) is 9.59 Å². The molecule has 4 rings (SSSR count). The highest BCUT2D eigenvalue weighted by Gasteiger charge is 2.21. The molecular formula is C21H25N5O3. The Morgan fingerprint density at radius 3 is 2.76 bits per heavy atom. The van der Waals surface area contributed by atoms with Crippen LogP contribution in [0, 0.1) is 6.92 Å². The second-order valence-electron chi connectivity index (χ2n) is 7.47. The number of nitrogens with zero attached hydrogens (tertiary/aromatic N) is 4. The number of rotatable bonds is 6. The summed E-state index contributed by atoms with van der Waals surface area (Å²) in [5.74, 6) is 1.65. The number of H-pyrrole nitrogens is 1. The number of fused-ring (bicyclic) bond motifs is 1. The van der Waals surface area contributed by atoms with Crippen molar-refractivity contribution in [2.24, 2.45) is 0 Å². The number of piperazine rings is 1. The van der Waals surface area contributed by atoms with Gasteiger partial charge in [-0.15, -0.1) is 0 Å². The van der Waals surface area contributed by atoms with Crippen LogP contribution in [0.1, 0.15) is 30.1 Å². The van der Waals surface area contributed by atoms with Crippen molar-refractivity contribution in [1.29, 1.82) is 0 Å². The molecular weight excluding hydrogens is 370 g/mol. The third-order valence-electron chi connectivity index (χ3n) is 5.25. The summed E-state index contributed by atoms with van der Waals surface area (Å²) in [5.41, 5.74) is 1.45. The zero-order chi connectivity index (χ0) is 20.2. The maximum atomic E-state index is 12.5. The van der Waals surface area contributed by atoms with Crippen molar-refractivity contribution >= 4 is 16.8 Å². The number of aromatic nitrogens is 3. The van der Waals surface area contributed by atoms with Gasteiger partial charge in [-0.25, -0.2) is 4.98 Å². The van der Waals surface area contributed by atoms with Crippen LogP contribution >= 0.6 is 0 Å². The summed E-state index contributed by atoms with van der Waals surface area (Å²) >= 11 is 0. The third-order valence-corrected chi connectivity index (χ3v) is 5.25. The maximum Gasteiger partial charge on any atom is 0.258 e. The molecule has 3 aromatic rings. The molecule has 1 saturated heterocycles. The fraction of sp³-hybridized carbons (Fsp3) is 0.429. The third kappa shape index (κ3) is 4.71. The lowest BCUT2D eigenvalue weighted by atomic mass is 10.2. The van der Waals surface area contributed by atoms with Gasteiger partial charge in [0.15, 0.2) is 5.76 Å². The van der Waals surface area contributed by atoms with Gasteiger partial charge in [-0.1, -0.05) is 17.3 Å². The highest BCUT2D eigenvalue weighted by atomic mass is 16.5. The molecule has 1 amide bonds. The Labute approximate surface area is 168 Å². The number of carbonyl (C=O) groups is 1. The lowest BCUT2D eigenvalue weighted by molar-refractivity contribution is -0.133. The number of amides is 1. The minimum Gasteiger partial charge on any atom is -0.360 e. The highest BCUT2D eigenvalue weighted by molar-refractivity contribution is 5.77. The lowest BCUT2D eigenvalue weighted by Gasteiger charge is -2.34. The van der Waals surface area contributed by atoms with Gasteiger partial charge in [0, 0.05) is 45.1 Å². The summed E-state index contributed by atoms with van der Waals surface area (Å²) < 4.78 is 5.27. The lowest BCUT2D eigenvalue weighted by Crippen LogP contribution is -2.48. The molecule has 29 heavy (non-hydrogen) atoms. The van der Waals surface area contributed by atoms with E-state index in [1.165, 1.54) is 0 Å². The van der Waals surface area contributed by atoms with Crippen LogP contribution in [0.4, 0.5) is 0 Å². The van der Waals surface area contributed by atoms with E-state index in [4.69, 9.17) is 4.52 Å². The Bertz CT molecular complexity index is 1050. The minimum absolute atomic E-state index is 0.130. The first-order chi connectivity index (χ1) is 14.1. The van der Waals surface area contributed by atoms with Gasteiger partial charge in [-0.05, 0) is 25.5 Å². The molecule has 8 heteroatoms. The van der Waals surface area contributed by atoms with E-state index in [2.05, 4.69) is 20.0 Å². The maximum absolute atomic E-state index is 12.5. The first-order valence-corrected chi connectivity index (χ1v) is 9.99. The van der Waals surface area contributed by atoms with Crippen LogP contribution in [-0.2, 0) is 17.8 Å². The number of para-hydroxylation sites is 1. The summed E-state index contributed by atoms with van der Waals surface area (Å²) in [5, 5.41) is 4.50. The van der Waals surface area contributed by atoms with Crippen LogP contribution in [-0.4, -0.2) is 57.0 Å². The first kappa shape index (κ1) is 19.3. The fourth-order valence-electron chi connectivity index (χ4n) is 3.69. The van der Waals surface area contributed by atoms with E-state index in [0.29, 0.717) is 36.0 Å². The van der Waals surface area contributed by atoms with Crippen LogP contribution in [0.2, 0.25) is 0 Å². The van der Waals surface area contributed by atoms with E-state index in [0.717, 1.165) is 44.2 Å². The second-order valence-corrected chi connectivity index (χ2v) is 7.47. The molecule has 3 heterocycles. The number of benzene rings is 1. The molecule has 0 spiro atoms. The van der Waals surface area contributed by atoms with E-state index in [1.54, 1.807) is 6.07 Å². The van der Waals surface area contributed by atoms with Gasteiger partial charge in [-0.3, -0.25) is 14.5 Å². The molecule has 0 radical (unpaired) electrons. The number of hydrogen-bond acceptors (Lipinski definition) is 6. The Balaban J connectivity index is 1.24. The molecule has 1 aliphatic rings. The van der Waals surface area contributed by atoms with Crippen molar-refractivity contribution in [2.75, 3.05) is 26.2 Å². The monoisotopic (exact) mass is 395 g/mol. The molecule has 2 aromatic heterocycles. The molecule has 1 aromatic carbocycles. The number of hydrogen-bond donors (Lipinski definition) is 1.